The molecule has 0 heterocycles. The minimum Gasteiger partial charge on any atom is -0.326 e. The van der Waals surface area contributed by atoms with Gasteiger partial charge < -0.3 is 10.6 Å². The average Bonchev–Trinajstić information content (AvgIpc) is 3.41. The van der Waals surface area contributed by atoms with E-state index in [1.165, 1.54) is 18.2 Å². The standard InChI is InChI=1S/C19H17FN2O2/c20-15-6-1-13(2-7-15)3-12-18(23)21-16-8-10-17(11-9-16)22-19(24)14-4-5-14/h1-3,6-12,14H,4-5H2,(H,21,23)(H,22,24)/b12-3+. The summed E-state index contributed by atoms with van der Waals surface area (Å²) in [6.45, 7) is 0. The first-order chi connectivity index (χ1) is 11.6. The van der Waals surface area contributed by atoms with Crippen molar-refractivity contribution in [3.8, 4) is 0 Å². The predicted octanol–water partition coefficient (Wildman–Crippen LogP) is 3.83. The van der Waals surface area contributed by atoms with Gasteiger partial charge in [0.15, 0.2) is 0 Å². The summed E-state index contributed by atoms with van der Waals surface area (Å²) in [5.41, 5.74) is 2.09. The number of rotatable bonds is 5. The molecule has 24 heavy (non-hydrogen) atoms. The van der Waals surface area contributed by atoms with Gasteiger partial charge in [0.2, 0.25) is 11.8 Å². The molecule has 2 N–H and O–H groups in total. The van der Waals surface area contributed by atoms with Crippen LogP contribution >= 0.6 is 0 Å². The van der Waals surface area contributed by atoms with E-state index in [1.54, 1.807) is 42.5 Å². The van der Waals surface area contributed by atoms with Crippen molar-refractivity contribution in [2.24, 2.45) is 5.92 Å². The molecule has 2 aromatic carbocycles. The van der Waals surface area contributed by atoms with E-state index in [-0.39, 0.29) is 23.5 Å². The van der Waals surface area contributed by atoms with E-state index in [0.29, 0.717) is 11.4 Å². The summed E-state index contributed by atoms with van der Waals surface area (Å²) in [6, 6.07) is 12.8. The second kappa shape index (κ2) is 7.08. The Labute approximate surface area is 139 Å². The zero-order chi connectivity index (χ0) is 16.9. The van der Waals surface area contributed by atoms with Gasteiger partial charge in [-0.3, -0.25) is 9.59 Å². The molecule has 3 rings (SSSR count). The van der Waals surface area contributed by atoms with Gasteiger partial charge in [0.05, 0.1) is 0 Å². The average molecular weight is 324 g/mol. The first-order valence-corrected chi connectivity index (χ1v) is 7.76. The zero-order valence-corrected chi connectivity index (χ0v) is 13.0. The van der Waals surface area contributed by atoms with Gasteiger partial charge >= 0.3 is 0 Å². The molecular weight excluding hydrogens is 307 g/mol. The van der Waals surface area contributed by atoms with Gasteiger partial charge in [-0.05, 0) is 60.9 Å². The molecular formula is C19H17FN2O2. The van der Waals surface area contributed by atoms with Crippen molar-refractivity contribution >= 4 is 29.3 Å². The van der Waals surface area contributed by atoms with E-state index < -0.39 is 0 Å². The zero-order valence-electron chi connectivity index (χ0n) is 13.0. The maximum atomic E-state index is 12.8. The quantitative estimate of drug-likeness (QED) is 0.821. The van der Waals surface area contributed by atoms with Crippen LogP contribution in [0.5, 0.6) is 0 Å². The van der Waals surface area contributed by atoms with Crippen molar-refractivity contribution in [2.75, 3.05) is 10.6 Å². The molecule has 0 aromatic heterocycles. The summed E-state index contributed by atoms with van der Waals surface area (Å²) in [6.07, 6.45) is 4.91. The van der Waals surface area contributed by atoms with E-state index in [4.69, 9.17) is 0 Å². The van der Waals surface area contributed by atoms with Crippen LogP contribution < -0.4 is 10.6 Å². The van der Waals surface area contributed by atoms with Gasteiger partial charge in [0, 0.05) is 23.4 Å². The summed E-state index contributed by atoms with van der Waals surface area (Å²) in [7, 11) is 0. The third kappa shape index (κ3) is 4.52. The molecule has 0 radical (unpaired) electrons. The molecule has 0 atom stereocenters. The fourth-order valence-electron chi connectivity index (χ4n) is 2.16. The number of nitrogens with one attached hydrogen (secondary N) is 2. The number of anilines is 2. The summed E-state index contributed by atoms with van der Waals surface area (Å²) < 4.78 is 12.8. The largest absolute Gasteiger partial charge is 0.326 e. The fourth-order valence-corrected chi connectivity index (χ4v) is 2.16. The van der Waals surface area contributed by atoms with Crippen LogP contribution in [0, 0.1) is 11.7 Å². The van der Waals surface area contributed by atoms with Crippen molar-refractivity contribution < 1.29 is 14.0 Å². The van der Waals surface area contributed by atoms with E-state index >= 15 is 0 Å². The number of hydrogen-bond acceptors (Lipinski definition) is 2. The second-order valence-corrected chi connectivity index (χ2v) is 5.72. The normalized spacial score (nSPS) is 13.7. The smallest absolute Gasteiger partial charge is 0.248 e. The monoisotopic (exact) mass is 324 g/mol. The minimum atomic E-state index is -0.314. The molecule has 1 aliphatic carbocycles. The number of halogens is 1. The predicted molar refractivity (Wildman–Crippen MR) is 91.9 cm³/mol. The fraction of sp³-hybridized carbons (Fsp3) is 0.158. The molecule has 0 bridgehead atoms. The van der Waals surface area contributed by atoms with Crippen molar-refractivity contribution in [1.82, 2.24) is 0 Å². The molecule has 2 amide bonds. The SMILES string of the molecule is O=C(/C=C/c1ccc(F)cc1)Nc1ccc(NC(=O)C2CC2)cc1. The highest BCUT2D eigenvalue weighted by Crippen LogP contribution is 2.30. The number of amides is 2. The Morgan fingerprint density at radius 2 is 1.50 bits per heavy atom. The van der Waals surface area contributed by atoms with E-state index in [9.17, 15) is 14.0 Å². The molecule has 122 valence electrons. The molecule has 1 saturated carbocycles. The second-order valence-electron chi connectivity index (χ2n) is 5.72. The topological polar surface area (TPSA) is 58.2 Å². The van der Waals surface area contributed by atoms with E-state index in [2.05, 4.69) is 10.6 Å². The Bertz CT molecular complexity index is 763. The van der Waals surface area contributed by atoms with Crippen LogP contribution in [0.25, 0.3) is 6.08 Å². The van der Waals surface area contributed by atoms with Crippen molar-refractivity contribution in [3.05, 3.63) is 66.0 Å². The molecule has 2 aromatic rings. The van der Waals surface area contributed by atoms with Gasteiger partial charge in [-0.25, -0.2) is 4.39 Å². The number of hydrogen-bond donors (Lipinski definition) is 2. The van der Waals surface area contributed by atoms with Gasteiger partial charge in [-0.1, -0.05) is 12.1 Å². The Morgan fingerprint density at radius 3 is 2.08 bits per heavy atom. The van der Waals surface area contributed by atoms with Crippen LogP contribution in [0.2, 0.25) is 0 Å². The lowest BCUT2D eigenvalue weighted by atomic mass is 10.2. The van der Waals surface area contributed by atoms with Crippen molar-refractivity contribution in [1.29, 1.82) is 0 Å². The highest BCUT2D eigenvalue weighted by Gasteiger charge is 2.29. The lowest BCUT2D eigenvalue weighted by Crippen LogP contribution is -2.13. The lowest BCUT2D eigenvalue weighted by Gasteiger charge is -2.06. The third-order valence-corrected chi connectivity index (χ3v) is 3.67. The van der Waals surface area contributed by atoms with E-state index in [1.807, 2.05) is 0 Å². The minimum absolute atomic E-state index is 0.0500. The summed E-state index contributed by atoms with van der Waals surface area (Å²) in [4.78, 5) is 23.5. The van der Waals surface area contributed by atoms with Crippen LogP contribution in [0.1, 0.15) is 18.4 Å². The number of benzene rings is 2. The lowest BCUT2D eigenvalue weighted by molar-refractivity contribution is -0.117. The Hall–Kier alpha value is -2.95. The molecule has 0 aliphatic heterocycles. The van der Waals surface area contributed by atoms with E-state index in [0.717, 1.165) is 18.4 Å². The third-order valence-electron chi connectivity index (χ3n) is 3.67. The van der Waals surface area contributed by atoms with Crippen LogP contribution in [-0.2, 0) is 9.59 Å². The highest BCUT2D eigenvalue weighted by molar-refractivity contribution is 6.02. The van der Waals surface area contributed by atoms with Crippen LogP contribution in [0.3, 0.4) is 0 Å². The molecule has 0 saturated heterocycles. The molecule has 1 fully saturated rings. The van der Waals surface area contributed by atoms with Crippen LogP contribution in [-0.4, -0.2) is 11.8 Å². The van der Waals surface area contributed by atoms with Gasteiger partial charge in [-0.15, -0.1) is 0 Å². The van der Waals surface area contributed by atoms with Crippen molar-refractivity contribution in [2.45, 2.75) is 12.8 Å². The van der Waals surface area contributed by atoms with Gasteiger partial charge in [0.1, 0.15) is 5.82 Å². The maximum Gasteiger partial charge on any atom is 0.248 e. The summed E-state index contributed by atoms with van der Waals surface area (Å²) in [5.74, 6) is -0.394. The summed E-state index contributed by atoms with van der Waals surface area (Å²) in [5, 5.41) is 5.57. The highest BCUT2D eigenvalue weighted by atomic mass is 19.1. The maximum absolute atomic E-state index is 12.8. The molecule has 0 spiro atoms. The van der Waals surface area contributed by atoms with Crippen molar-refractivity contribution in [3.63, 3.8) is 0 Å². The molecule has 4 nitrogen and oxygen atoms in total. The number of carbonyl (C=O) groups is 2. The van der Waals surface area contributed by atoms with Gasteiger partial charge in [0.25, 0.3) is 0 Å². The molecule has 1 aliphatic rings. The van der Waals surface area contributed by atoms with Gasteiger partial charge in [-0.2, -0.15) is 0 Å². The Balaban J connectivity index is 1.53. The Kier molecular flexibility index (Phi) is 4.70. The first-order valence-electron chi connectivity index (χ1n) is 7.76. The van der Waals surface area contributed by atoms with Crippen LogP contribution in [0.4, 0.5) is 15.8 Å². The molecule has 0 unspecified atom stereocenters. The Morgan fingerprint density at radius 1 is 0.917 bits per heavy atom. The number of carbonyl (C=O) groups excluding carboxylic acids is 2. The summed E-state index contributed by atoms with van der Waals surface area (Å²) >= 11 is 0. The van der Waals surface area contributed by atoms with Crippen LogP contribution in [0.15, 0.2) is 54.6 Å². The first kappa shape index (κ1) is 15.9. The molecule has 5 heteroatoms.